The van der Waals surface area contributed by atoms with Crippen LogP contribution in [0.1, 0.15) is 0 Å². The number of hydrogen-bond donors (Lipinski definition) is 1. The van der Waals surface area contributed by atoms with Crippen molar-refractivity contribution < 1.29 is 0 Å². The molecular formula is C8H6N2OS. The second-order valence-corrected chi connectivity index (χ2v) is 3.02. The van der Waals surface area contributed by atoms with E-state index >= 15 is 0 Å². The molecule has 0 unspecified atom stereocenters. The number of H-pyrrole nitrogens is 1. The van der Waals surface area contributed by atoms with Crippen LogP contribution in [0.3, 0.4) is 0 Å². The molecule has 0 aromatic carbocycles. The molecule has 2 heterocycles. The van der Waals surface area contributed by atoms with Crippen molar-refractivity contribution in [1.82, 2.24) is 9.97 Å². The van der Waals surface area contributed by atoms with Crippen LogP contribution in [0.15, 0.2) is 33.9 Å². The number of hydrogen-bond acceptors (Lipinski definition) is 3. The Balaban J connectivity index is 2.55. The van der Waals surface area contributed by atoms with Crippen LogP contribution < -0.4 is 5.56 Å². The predicted octanol–water partition coefficient (Wildman–Crippen LogP) is 1.50. The molecule has 0 radical (unpaired) electrons. The Kier molecular flexibility index (Phi) is 1.75. The quantitative estimate of drug-likeness (QED) is 0.719. The summed E-state index contributed by atoms with van der Waals surface area (Å²) >= 11 is 1.51. The van der Waals surface area contributed by atoms with Crippen LogP contribution >= 0.6 is 11.3 Å². The number of pyridine rings is 1. The second kappa shape index (κ2) is 2.91. The lowest BCUT2D eigenvalue weighted by Crippen LogP contribution is -2.03. The average molecular weight is 178 g/mol. The van der Waals surface area contributed by atoms with Gasteiger partial charge in [-0.3, -0.25) is 4.79 Å². The highest BCUT2D eigenvalue weighted by Crippen LogP contribution is 2.13. The van der Waals surface area contributed by atoms with Gasteiger partial charge >= 0.3 is 0 Å². The summed E-state index contributed by atoms with van der Waals surface area (Å²) in [5, 5.41) is 1.89. The molecule has 0 aliphatic carbocycles. The van der Waals surface area contributed by atoms with Gasteiger partial charge in [0.05, 0.1) is 16.9 Å². The van der Waals surface area contributed by atoms with Crippen molar-refractivity contribution in [2.45, 2.75) is 0 Å². The molecule has 0 aliphatic heterocycles. The third kappa shape index (κ3) is 1.29. The number of rotatable bonds is 1. The van der Waals surface area contributed by atoms with Crippen molar-refractivity contribution in [3.63, 3.8) is 0 Å². The van der Waals surface area contributed by atoms with E-state index in [1.807, 2.05) is 11.4 Å². The second-order valence-electron chi connectivity index (χ2n) is 2.30. The first-order chi connectivity index (χ1) is 5.86. The van der Waals surface area contributed by atoms with Gasteiger partial charge in [0.1, 0.15) is 0 Å². The molecule has 0 amide bonds. The standard InChI is InChI=1S/C8H6N2OS/c11-8-3-1-2-6(10-8)7-4-12-5-9-7/h1-5H,(H,10,11). The highest BCUT2D eigenvalue weighted by molar-refractivity contribution is 7.07. The maximum atomic E-state index is 10.9. The lowest BCUT2D eigenvalue weighted by atomic mass is 10.3. The van der Waals surface area contributed by atoms with Crippen molar-refractivity contribution in [3.8, 4) is 11.4 Å². The Bertz CT molecular complexity index is 419. The van der Waals surface area contributed by atoms with Gasteiger partial charge in [-0.2, -0.15) is 0 Å². The van der Waals surface area contributed by atoms with Crippen LogP contribution in [0.4, 0.5) is 0 Å². The average Bonchev–Trinajstić information content (AvgIpc) is 2.56. The van der Waals surface area contributed by atoms with E-state index in [0.717, 1.165) is 11.4 Å². The Labute approximate surface area is 72.7 Å². The van der Waals surface area contributed by atoms with Crippen molar-refractivity contribution in [3.05, 3.63) is 39.4 Å². The zero-order valence-corrected chi connectivity index (χ0v) is 6.97. The molecule has 0 saturated carbocycles. The smallest absolute Gasteiger partial charge is 0.248 e. The Morgan fingerprint density at radius 1 is 1.42 bits per heavy atom. The summed E-state index contributed by atoms with van der Waals surface area (Å²) in [6.45, 7) is 0. The fourth-order valence-corrected chi connectivity index (χ4v) is 1.49. The van der Waals surface area contributed by atoms with E-state index in [9.17, 15) is 4.79 Å². The van der Waals surface area contributed by atoms with Gasteiger partial charge in [0.2, 0.25) is 5.56 Å². The monoisotopic (exact) mass is 178 g/mol. The van der Waals surface area contributed by atoms with Crippen molar-refractivity contribution >= 4 is 11.3 Å². The zero-order valence-electron chi connectivity index (χ0n) is 6.15. The van der Waals surface area contributed by atoms with E-state index in [-0.39, 0.29) is 5.56 Å². The topological polar surface area (TPSA) is 45.8 Å². The zero-order chi connectivity index (χ0) is 8.39. The van der Waals surface area contributed by atoms with Crippen LogP contribution in [0.5, 0.6) is 0 Å². The summed E-state index contributed by atoms with van der Waals surface area (Å²) in [6, 6.07) is 5.03. The molecule has 1 N–H and O–H groups in total. The molecule has 2 rings (SSSR count). The minimum atomic E-state index is -0.0968. The van der Waals surface area contributed by atoms with Gasteiger partial charge in [0.25, 0.3) is 0 Å². The van der Waals surface area contributed by atoms with Crippen LogP contribution in [0, 0.1) is 0 Å². The van der Waals surface area contributed by atoms with E-state index in [4.69, 9.17) is 0 Å². The molecule has 0 atom stereocenters. The molecule has 2 aromatic rings. The molecule has 0 aliphatic rings. The molecule has 2 aromatic heterocycles. The van der Waals surface area contributed by atoms with Gasteiger partial charge in [-0.1, -0.05) is 6.07 Å². The van der Waals surface area contributed by atoms with Crippen LogP contribution in [-0.2, 0) is 0 Å². The molecule has 60 valence electrons. The predicted molar refractivity (Wildman–Crippen MR) is 48.2 cm³/mol. The molecule has 0 fully saturated rings. The molecule has 3 nitrogen and oxygen atoms in total. The van der Waals surface area contributed by atoms with E-state index in [2.05, 4.69) is 9.97 Å². The largest absolute Gasteiger partial charge is 0.321 e. The maximum absolute atomic E-state index is 10.9. The summed E-state index contributed by atoms with van der Waals surface area (Å²) in [4.78, 5) is 17.7. The van der Waals surface area contributed by atoms with Crippen LogP contribution in [0.25, 0.3) is 11.4 Å². The van der Waals surface area contributed by atoms with Gasteiger partial charge in [-0.15, -0.1) is 11.3 Å². The van der Waals surface area contributed by atoms with Crippen LogP contribution in [0.2, 0.25) is 0 Å². The maximum Gasteiger partial charge on any atom is 0.248 e. The highest BCUT2D eigenvalue weighted by Gasteiger charge is 1.98. The number of thiazole rings is 1. The number of nitrogens with zero attached hydrogens (tertiary/aromatic N) is 1. The number of aromatic amines is 1. The minimum absolute atomic E-state index is 0.0968. The van der Waals surface area contributed by atoms with Gasteiger partial charge < -0.3 is 4.98 Å². The van der Waals surface area contributed by atoms with Gasteiger partial charge in [0.15, 0.2) is 0 Å². The first kappa shape index (κ1) is 7.24. The fraction of sp³-hybridized carbons (Fsp3) is 0. The number of aromatic nitrogens is 2. The lowest BCUT2D eigenvalue weighted by Gasteiger charge is -1.93. The van der Waals surface area contributed by atoms with E-state index in [1.165, 1.54) is 17.4 Å². The molecule has 0 spiro atoms. The third-order valence-corrected chi connectivity index (χ3v) is 2.06. The Morgan fingerprint density at radius 2 is 2.33 bits per heavy atom. The SMILES string of the molecule is O=c1cccc(-c2cscn2)[nH]1. The summed E-state index contributed by atoms with van der Waals surface area (Å²) in [7, 11) is 0. The van der Waals surface area contributed by atoms with Crippen molar-refractivity contribution in [1.29, 1.82) is 0 Å². The highest BCUT2D eigenvalue weighted by atomic mass is 32.1. The molecule has 0 saturated heterocycles. The van der Waals surface area contributed by atoms with E-state index in [0.29, 0.717) is 0 Å². The molecular weight excluding hydrogens is 172 g/mol. The lowest BCUT2D eigenvalue weighted by molar-refractivity contribution is 1.22. The first-order valence-electron chi connectivity index (χ1n) is 3.44. The molecule has 0 bridgehead atoms. The summed E-state index contributed by atoms with van der Waals surface area (Å²) in [6.07, 6.45) is 0. The summed E-state index contributed by atoms with van der Waals surface area (Å²) in [5.41, 5.74) is 3.22. The Hall–Kier alpha value is -1.42. The van der Waals surface area contributed by atoms with Gasteiger partial charge in [-0.05, 0) is 6.07 Å². The van der Waals surface area contributed by atoms with Gasteiger partial charge in [0, 0.05) is 11.4 Å². The minimum Gasteiger partial charge on any atom is -0.321 e. The number of nitrogens with one attached hydrogen (secondary N) is 1. The van der Waals surface area contributed by atoms with Crippen molar-refractivity contribution in [2.75, 3.05) is 0 Å². The van der Waals surface area contributed by atoms with E-state index < -0.39 is 0 Å². The first-order valence-corrected chi connectivity index (χ1v) is 4.38. The van der Waals surface area contributed by atoms with E-state index in [1.54, 1.807) is 11.6 Å². The summed E-state index contributed by atoms with van der Waals surface area (Å²) in [5.74, 6) is 0. The van der Waals surface area contributed by atoms with Crippen molar-refractivity contribution in [2.24, 2.45) is 0 Å². The Morgan fingerprint density at radius 3 is 3.00 bits per heavy atom. The third-order valence-electron chi connectivity index (χ3n) is 1.48. The summed E-state index contributed by atoms with van der Waals surface area (Å²) < 4.78 is 0. The fourth-order valence-electron chi connectivity index (χ4n) is 0.943. The molecule has 12 heavy (non-hydrogen) atoms. The van der Waals surface area contributed by atoms with Crippen LogP contribution in [-0.4, -0.2) is 9.97 Å². The van der Waals surface area contributed by atoms with Gasteiger partial charge in [-0.25, -0.2) is 4.98 Å². The molecule has 4 heteroatoms. The normalized spacial score (nSPS) is 10.0.